The molecule has 0 spiro atoms. The standard InChI is InChI=1S/C30H27Cl2N3O2/c1-21(22-10-5-3-6-11-22)34-28(36)27(25-14-9-19-33-20-25)35(29(37)30(2,31)32)26-17-15-24(16-18-26)23-12-7-4-8-13-23/h3-21,27H,1-2H3,(H,34,36). The minimum atomic E-state index is -1.77. The van der Waals surface area contributed by atoms with Gasteiger partial charge in [0, 0.05) is 23.6 Å². The number of benzene rings is 3. The van der Waals surface area contributed by atoms with E-state index in [1.807, 2.05) is 79.7 Å². The number of alkyl halides is 2. The van der Waals surface area contributed by atoms with Crippen LogP contribution in [0.4, 0.5) is 5.69 Å². The van der Waals surface area contributed by atoms with Crippen LogP contribution in [0.1, 0.15) is 37.1 Å². The molecule has 0 saturated carbocycles. The molecule has 0 aliphatic heterocycles. The summed E-state index contributed by atoms with van der Waals surface area (Å²) in [4.78, 5) is 33.0. The van der Waals surface area contributed by atoms with Crippen LogP contribution in [0.3, 0.4) is 0 Å². The minimum Gasteiger partial charge on any atom is -0.347 e. The maximum absolute atomic E-state index is 13.8. The molecule has 4 rings (SSSR count). The lowest BCUT2D eigenvalue weighted by molar-refractivity contribution is -0.127. The summed E-state index contributed by atoms with van der Waals surface area (Å²) in [6.45, 7) is 3.29. The van der Waals surface area contributed by atoms with E-state index < -0.39 is 16.3 Å². The van der Waals surface area contributed by atoms with E-state index in [0.29, 0.717) is 11.3 Å². The van der Waals surface area contributed by atoms with Gasteiger partial charge in [-0.2, -0.15) is 0 Å². The number of carbonyl (C=O) groups is 2. The Balaban J connectivity index is 1.77. The quantitative estimate of drug-likeness (QED) is 0.251. The van der Waals surface area contributed by atoms with Crippen LogP contribution in [0.2, 0.25) is 0 Å². The fourth-order valence-electron chi connectivity index (χ4n) is 4.11. The van der Waals surface area contributed by atoms with Crippen LogP contribution in [0.5, 0.6) is 0 Å². The van der Waals surface area contributed by atoms with Crippen LogP contribution in [0.25, 0.3) is 11.1 Å². The van der Waals surface area contributed by atoms with Gasteiger partial charge in [0.2, 0.25) is 5.91 Å². The number of amides is 2. The average molecular weight is 532 g/mol. The number of nitrogens with zero attached hydrogens (tertiary/aromatic N) is 2. The summed E-state index contributed by atoms with van der Waals surface area (Å²) in [6, 6.07) is 29.0. The Morgan fingerprint density at radius 1 is 0.811 bits per heavy atom. The van der Waals surface area contributed by atoms with E-state index >= 15 is 0 Å². The number of carbonyl (C=O) groups excluding carboxylic acids is 2. The molecule has 0 fully saturated rings. The Kier molecular flexibility index (Phi) is 8.27. The van der Waals surface area contributed by atoms with Crippen molar-refractivity contribution in [2.24, 2.45) is 0 Å². The van der Waals surface area contributed by atoms with Gasteiger partial charge in [-0.15, -0.1) is 0 Å². The van der Waals surface area contributed by atoms with Crippen LogP contribution in [-0.4, -0.2) is 21.1 Å². The summed E-state index contributed by atoms with van der Waals surface area (Å²) in [5.41, 5.74) is 3.94. The lowest BCUT2D eigenvalue weighted by atomic mass is 10.0. The molecule has 5 nitrogen and oxygen atoms in total. The van der Waals surface area contributed by atoms with Crippen LogP contribution < -0.4 is 10.2 Å². The number of halogens is 2. The zero-order chi connectivity index (χ0) is 26.4. The third-order valence-electron chi connectivity index (χ3n) is 6.01. The summed E-state index contributed by atoms with van der Waals surface area (Å²) in [6.07, 6.45) is 3.18. The van der Waals surface area contributed by atoms with Crippen LogP contribution >= 0.6 is 23.2 Å². The molecule has 0 radical (unpaired) electrons. The predicted octanol–water partition coefficient (Wildman–Crippen LogP) is 6.89. The first kappa shape index (κ1) is 26.4. The molecule has 2 amide bonds. The Labute approximate surface area is 227 Å². The van der Waals surface area contributed by atoms with E-state index in [4.69, 9.17) is 23.2 Å². The number of pyridine rings is 1. The van der Waals surface area contributed by atoms with Crippen molar-refractivity contribution in [1.82, 2.24) is 10.3 Å². The summed E-state index contributed by atoms with van der Waals surface area (Å²) < 4.78 is -1.77. The van der Waals surface area contributed by atoms with E-state index in [1.54, 1.807) is 36.7 Å². The van der Waals surface area contributed by atoms with Crippen LogP contribution in [0.15, 0.2) is 109 Å². The molecule has 0 aliphatic carbocycles. The third-order valence-corrected chi connectivity index (χ3v) is 6.34. The highest BCUT2D eigenvalue weighted by Crippen LogP contribution is 2.35. The number of aromatic nitrogens is 1. The van der Waals surface area contributed by atoms with Crippen molar-refractivity contribution in [2.45, 2.75) is 30.3 Å². The molecule has 0 aliphatic rings. The van der Waals surface area contributed by atoms with E-state index in [0.717, 1.165) is 16.7 Å². The molecule has 2 atom stereocenters. The number of nitrogens with one attached hydrogen (secondary N) is 1. The third kappa shape index (κ3) is 6.37. The first-order valence-corrected chi connectivity index (χ1v) is 12.6. The fourth-order valence-corrected chi connectivity index (χ4v) is 4.30. The molecule has 188 valence electrons. The Bertz CT molecular complexity index is 1330. The molecule has 1 N–H and O–H groups in total. The van der Waals surface area contributed by atoms with Gasteiger partial charge in [-0.3, -0.25) is 19.5 Å². The zero-order valence-electron chi connectivity index (χ0n) is 20.5. The van der Waals surface area contributed by atoms with E-state index in [9.17, 15) is 9.59 Å². The molecule has 7 heteroatoms. The highest BCUT2D eigenvalue weighted by Gasteiger charge is 2.41. The van der Waals surface area contributed by atoms with Gasteiger partial charge in [0.25, 0.3) is 5.91 Å². The molecule has 1 heterocycles. The van der Waals surface area contributed by atoms with Crippen LogP contribution in [-0.2, 0) is 9.59 Å². The highest BCUT2D eigenvalue weighted by molar-refractivity contribution is 6.59. The van der Waals surface area contributed by atoms with Crippen molar-refractivity contribution in [1.29, 1.82) is 0 Å². The maximum atomic E-state index is 13.8. The van der Waals surface area contributed by atoms with E-state index in [2.05, 4.69) is 10.3 Å². The lowest BCUT2D eigenvalue weighted by Crippen LogP contribution is -2.49. The first-order valence-electron chi connectivity index (χ1n) is 11.9. The number of rotatable bonds is 8. The van der Waals surface area contributed by atoms with Crippen molar-refractivity contribution in [3.63, 3.8) is 0 Å². The molecular weight excluding hydrogens is 505 g/mol. The van der Waals surface area contributed by atoms with E-state index in [-0.39, 0.29) is 11.9 Å². The molecule has 0 saturated heterocycles. The molecule has 37 heavy (non-hydrogen) atoms. The monoisotopic (exact) mass is 531 g/mol. The second-order valence-corrected chi connectivity index (χ2v) is 10.5. The second kappa shape index (κ2) is 11.6. The van der Waals surface area contributed by atoms with Crippen molar-refractivity contribution in [3.8, 4) is 11.1 Å². The van der Waals surface area contributed by atoms with Gasteiger partial charge in [0.1, 0.15) is 6.04 Å². The molecule has 0 bridgehead atoms. The van der Waals surface area contributed by atoms with Gasteiger partial charge in [-0.25, -0.2) is 0 Å². The highest BCUT2D eigenvalue weighted by atomic mass is 35.5. The molecule has 1 aromatic heterocycles. The smallest absolute Gasteiger partial charge is 0.264 e. The first-order chi connectivity index (χ1) is 17.8. The van der Waals surface area contributed by atoms with Gasteiger partial charge < -0.3 is 5.32 Å². The molecule has 2 unspecified atom stereocenters. The van der Waals surface area contributed by atoms with Gasteiger partial charge >= 0.3 is 0 Å². The topological polar surface area (TPSA) is 62.3 Å². The zero-order valence-corrected chi connectivity index (χ0v) is 22.0. The Hall–Kier alpha value is -3.67. The number of hydrogen-bond acceptors (Lipinski definition) is 3. The van der Waals surface area contributed by atoms with Crippen molar-refractivity contribution in [2.75, 3.05) is 4.90 Å². The predicted molar refractivity (Wildman–Crippen MR) is 149 cm³/mol. The second-order valence-electron chi connectivity index (χ2n) is 8.81. The van der Waals surface area contributed by atoms with Gasteiger partial charge in [-0.1, -0.05) is 102 Å². The SMILES string of the molecule is CC(NC(=O)C(c1cccnc1)N(C(=O)C(C)(Cl)Cl)c1ccc(-c2ccccc2)cc1)c1ccccc1. The lowest BCUT2D eigenvalue weighted by Gasteiger charge is -2.34. The summed E-state index contributed by atoms with van der Waals surface area (Å²) in [5.74, 6) is -1.01. The van der Waals surface area contributed by atoms with Crippen molar-refractivity contribution >= 4 is 40.7 Å². The summed E-state index contributed by atoms with van der Waals surface area (Å²) in [5, 5.41) is 3.04. The van der Waals surface area contributed by atoms with E-state index in [1.165, 1.54) is 11.8 Å². The molecule has 3 aromatic carbocycles. The van der Waals surface area contributed by atoms with Gasteiger partial charge in [0.05, 0.1) is 6.04 Å². The summed E-state index contributed by atoms with van der Waals surface area (Å²) in [7, 11) is 0. The normalized spacial score (nSPS) is 12.9. The van der Waals surface area contributed by atoms with Crippen molar-refractivity contribution < 1.29 is 9.59 Å². The van der Waals surface area contributed by atoms with Crippen LogP contribution in [0, 0.1) is 0 Å². The van der Waals surface area contributed by atoms with Gasteiger partial charge in [0.15, 0.2) is 4.33 Å². The Morgan fingerprint density at radius 3 is 1.95 bits per heavy atom. The summed E-state index contributed by atoms with van der Waals surface area (Å²) >= 11 is 12.6. The number of anilines is 1. The minimum absolute atomic E-state index is 0.302. The number of hydrogen-bond donors (Lipinski definition) is 1. The average Bonchev–Trinajstić information content (AvgIpc) is 2.92. The maximum Gasteiger partial charge on any atom is 0.264 e. The van der Waals surface area contributed by atoms with Gasteiger partial charge in [-0.05, 0) is 48.7 Å². The Morgan fingerprint density at radius 2 is 1.38 bits per heavy atom. The molecular formula is C30H27Cl2N3O2. The van der Waals surface area contributed by atoms with Crippen molar-refractivity contribution in [3.05, 3.63) is 121 Å². The fraction of sp³-hybridized carbons (Fsp3) is 0.167. The molecule has 4 aromatic rings. The largest absolute Gasteiger partial charge is 0.347 e.